The van der Waals surface area contributed by atoms with Gasteiger partial charge in [0.1, 0.15) is 6.42 Å². The number of halogens is 3. The molecule has 0 amide bonds. The highest BCUT2D eigenvalue weighted by molar-refractivity contribution is 5.71. The number of carbonyl (C=O) groups excluding carboxylic acids is 1. The Morgan fingerprint density at radius 3 is 2.48 bits per heavy atom. The van der Waals surface area contributed by atoms with Crippen LogP contribution in [-0.2, 0) is 22.1 Å². The molecule has 5 nitrogen and oxygen atoms in total. The van der Waals surface area contributed by atoms with Crippen LogP contribution in [-0.4, -0.2) is 22.8 Å². The van der Waals surface area contributed by atoms with Crippen molar-refractivity contribution in [1.82, 2.24) is 10.2 Å². The summed E-state index contributed by atoms with van der Waals surface area (Å²) in [6.45, 7) is 1.90. The van der Waals surface area contributed by atoms with Crippen molar-refractivity contribution < 1.29 is 27.1 Å². The molecule has 0 atom stereocenters. The van der Waals surface area contributed by atoms with Crippen molar-refractivity contribution in [1.29, 1.82) is 0 Å². The van der Waals surface area contributed by atoms with Crippen LogP contribution in [0, 0.1) is 0 Å². The second kappa shape index (κ2) is 5.94. The Balaban J connectivity index is 2.12. The minimum atomic E-state index is -4.40. The number of benzene rings is 1. The maximum atomic E-state index is 12.4. The molecule has 1 aromatic heterocycles. The van der Waals surface area contributed by atoms with Gasteiger partial charge in [0, 0.05) is 5.56 Å². The summed E-state index contributed by atoms with van der Waals surface area (Å²) >= 11 is 0. The van der Waals surface area contributed by atoms with Crippen LogP contribution in [0.15, 0.2) is 28.7 Å². The number of hydrogen-bond donors (Lipinski definition) is 0. The van der Waals surface area contributed by atoms with Crippen LogP contribution in [0.5, 0.6) is 0 Å². The smallest absolute Gasteiger partial charge is 0.416 e. The number of aromatic nitrogens is 2. The van der Waals surface area contributed by atoms with Gasteiger partial charge in [0.25, 0.3) is 0 Å². The summed E-state index contributed by atoms with van der Waals surface area (Å²) in [6, 6.07) is 4.30. The summed E-state index contributed by atoms with van der Waals surface area (Å²) < 4.78 is 47.2. The largest absolute Gasteiger partial charge is 0.466 e. The molecule has 0 aliphatic carbocycles. The molecule has 1 aromatic carbocycles. The van der Waals surface area contributed by atoms with Gasteiger partial charge in [0.05, 0.1) is 12.2 Å². The van der Waals surface area contributed by atoms with Gasteiger partial charge in [-0.3, -0.25) is 4.79 Å². The zero-order chi connectivity index (χ0) is 15.5. The van der Waals surface area contributed by atoms with Crippen molar-refractivity contribution >= 4 is 5.97 Å². The van der Waals surface area contributed by atoms with Crippen LogP contribution >= 0.6 is 0 Å². The van der Waals surface area contributed by atoms with Crippen LogP contribution < -0.4 is 0 Å². The van der Waals surface area contributed by atoms with Gasteiger partial charge in [0.2, 0.25) is 11.8 Å². The minimum Gasteiger partial charge on any atom is -0.466 e. The zero-order valence-electron chi connectivity index (χ0n) is 11.0. The first kappa shape index (κ1) is 15.0. The molecule has 0 saturated carbocycles. The number of nitrogens with zero attached hydrogens (tertiary/aromatic N) is 2. The van der Waals surface area contributed by atoms with Gasteiger partial charge in [-0.05, 0) is 31.2 Å². The molecule has 0 saturated heterocycles. The molecule has 0 bridgehead atoms. The van der Waals surface area contributed by atoms with Crippen LogP contribution in [0.25, 0.3) is 11.5 Å². The van der Waals surface area contributed by atoms with E-state index in [0.717, 1.165) is 12.1 Å². The summed E-state index contributed by atoms with van der Waals surface area (Å²) in [6.07, 6.45) is -4.58. The quantitative estimate of drug-likeness (QED) is 0.812. The number of hydrogen-bond acceptors (Lipinski definition) is 5. The van der Waals surface area contributed by atoms with Crippen molar-refractivity contribution in [3.05, 3.63) is 35.7 Å². The molecular weight excluding hydrogens is 289 g/mol. The number of carbonyl (C=O) groups is 1. The molecular formula is C13H11F3N2O3. The lowest BCUT2D eigenvalue weighted by molar-refractivity contribution is -0.142. The van der Waals surface area contributed by atoms with Gasteiger partial charge in [-0.15, -0.1) is 10.2 Å². The second-order valence-corrected chi connectivity index (χ2v) is 4.06. The molecule has 112 valence electrons. The van der Waals surface area contributed by atoms with E-state index < -0.39 is 17.7 Å². The summed E-state index contributed by atoms with van der Waals surface area (Å²) in [7, 11) is 0. The standard InChI is InChI=1S/C13H11F3N2O3/c1-2-20-11(19)7-10-17-18-12(21-10)8-3-5-9(6-4-8)13(14,15)16/h3-6H,2,7H2,1H3. The lowest BCUT2D eigenvalue weighted by Gasteiger charge is -2.05. The third kappa shape index (κ3) is 3.80. The predicted octanol–water partition coefficient (Wildman–Crippen LogP) is 2.86. The average molecular weight is 300 g/mol. The Morgan fingerprint density at radius 1 is 1.24 bits per heavy atom. The van der Waals surface area contributed by atoms with Gasteiger partial charge in [-0.25, -0.2) is 0 Å². The van der Waals surface area contributed by atoms with E-state index in [1.54, 1.807) is 6.92 Å². The van der Waals surface area contributed by atoms with E-state index in [9.17, 15) is 18.0 Å². The number of esters is 1. The van der Waals surface area contributed by atoms with E-state index >= 15 is 0 Å². The van der Waals surface area contributed by atoms with E-state index in [0.29, 0.717) is 5.56 Å². The summed E-state index contributed by atoms with van der Waals surface area (Å²) in [5, 5.41) is 7.33. The van der Waals surface area contributed by atoms with Crippen LogP contribution in [0.4, 0.5) is 13.2 Å². The van der Waals surface area contributed by atoms with Crippen molar-refractivity contribution in [3.63, 3.8) is 0 Å². The number of ether oxygens (including phenoxy) is 1. The van der Waals surface area contributed by atoms with E-state index in [2.05, 4.69) is 10.2 Å². The molecule has 2 aromatic rings. The van der Waals surface area contributed by atoms with Crippen LogP contribution in [0.2, 0.25) is 0 Å². The first-order valence-electron chi connectivity index (χ1n) is 6.05. The van der Waals surface area contributed by atoms with E-state index in [1.807, 2.05) is 0 Å². The van der Waals surface area contributed by atoms with Gasteiger partial charge >= 0.3 is 12.1 Å². The maximum Gasteiger partial charge on any atom is 0.416 e. The Bertz CT molecular complexity index is 620. The van der Waals surface area contributed by atoms with E-state index in [-0.39, 0.29) is 24.8 Å². The second-order valence-electron chi connectivity index (χ2n) is 4.06. The highest BCUT2D eigenvalue weighted by atomic mass is 19.4. The first-order chi connectivity index (χ1) is 9.90. The van der Waals surface area contributed by atoms with Crippen LogP contribution in [0.1, 0.15) is 18.4 Å². The lowest BCUT2D eigenvalue weighted by Crippen LogP contribution is -2.07. The van der Waals surface area contributed by atoms with E-state index in [1.165, 1.54) is 12.1 Å². The Labute approximate surface area is 117 Å². The number of alkyl halides is 3. The Morgan fingerprint density at radius 2 is 1.90 bits per heavy atom. The van der Waals surface area contributed by atoms with Gasteiger partial charge in [-0.1, -0.05) is 0 Å². The molecule has 0 unspecified atom stereocenters. The monoisotopic (exact) mass is 300 g/mol. The Hall–Kier alpha value is -2.38. The van der Waals surface area contributed by atoms with Crippen molar-refractivity contribution in [2.24, 2.45) is 0 Å². The maximum absolute atomic E-state index is 12.4. The molecule has 8 heteroatoms. The highest BCUT2D eigenvalue weighted by Crippen LogP contribution is 2.30. The molecule has 0 aliphatic heterocycles. The minimum absolute atomic E-state index is 0.0445. The van der Waals surface area contributed by atoms with Gasteiger partial charge < -0.3 is 9.15 Å². The molecule has 2 rings (SSSR count). The van der Waals surface area contributed by atoms with Gasteiger partial charge in [-0.2, -0.15) is 13.2 Å². The predicted molar refractivity (Wildman–Crippen MR) is 65.1 cm³/mol. The lowest BCUT2D eigenvalue weighted by atomic mass is 10.1. The van der Waals surface area contributed by atoms with Crippen molar-refractivity contribution in [2.75, 3.05) is 6.61 Å². The molecule has 0 radical (unpaired) electrons. The number of rotatable bonds is 4. The fourth-order valence-electron chi connectivity index (χ4n) is 1.58. The third-order valence-corrected chi connectivity index (χ3v) is 2.53. The average Bonchev–Trinajstić information content (AvgIpc) is 2.86. The topological polar surface area (TPSA) is 65.2 Å². The molecule has 0 N–H and O–H groups in total. The SMILES string of the molecule is CCOC(=O)Cc1nnc(-c2ccc(C(F)(F)F)cc2)o1. The first-order valence-corrected chi connectivity index (χ1v) is 6.05. The molecule has 0 spiro atoms. The molecule has 21 heavy (non-hydrogen) atoms. The molecule has 0 aliphatic rings. The third-order valence-electron chi connectivity index (χ3n) is 2.53. The molecule has 0 fully saturated rings. The van der Waals surface area contributed by atoms with Crippen molar-refractivity contribution in [3.8, 4) is 11.5 Å². The van der Waals surface area contributed by atoms with Gasteiger partial charge in [0.15, 0.2) is 0 Å². The summed E-state index contributed by atoms with van der Waals surface area (Å²) in [4.78, 5) is 11.2. The normalized spacial score (nSPS) is 11.4. The van der Waals surface area contributed by atoms with Crippen LogP contribution in [0.3, 0.4) is 0 Å². The molecule has 1 heterocycles. The fourth-order valence-corrected chi connectivity index (χ4v) is 1.58. The Kier molecular flexibility index (Phi) is 4.25. The zero-order valence-corrected chi connectivity index (χ0v) is 11.0. The van der Waals surface area contributed by atoms with E-state index in [4.69, 9.17) is 9.15 Å². The highest BCUT2D eigenvalue weighted by Gasteiger charge is 2.30. The van der Waals surface area contributed by atoms with Crippen molar-refractivity contribution in [2.45, 2.75) is 19.5 Å². The fraction of sp³-hybridized carbons (Fsp3) is 0.308. The summed E-state index contributed by atoms with van der Waals surface area (Å²) in [5.74, 6) is -0.425. The summed E-state index contributed by atoms with van der Waals surface area (Å²) in [5.41, 5.74) is -0.428.